The van der Waals surface area contributed by atoms with E-state index in [1.54, 1.807) is 24.4 Å². The van der Waals surface area contributed by atoms with Crippen LogP contribution in [0.2, 0.25) is 5.02 Å². The van der Waals surface area contributed by atoms with Gasteiger partial charge in [0.05, 0.1) is 45.8 Å². The van der Waals surface area contributed by atoms with Gasteiger partial charge in [0.2, 0.25) is 5.88 Å². The zero-order valence-electron chi connectivity index (χ0n) is 28.9. The monoisotopic (exact) mass is 706 g/mol. The van der Waals surface area contributed by atoms with Crippen molar-refractivity contribution in [1.82, 2.24) is 19.9 Å². The smallest absolute Gasteiger partial charge is 0.321 e. The number of benzene rings is 3. The SMILES string of the molecule is CC.CCc1ccc(Oc2cnc3ccccc3n2)cc1C1=C(O)CCC1=O.CCc1ccc(Oc2ncc(Cl)cn2)cc1C1=C(O)CCC1=O. The van der Waals surface area contributed by atoms with Crippen molar-refractivity contribution in [3.8, 4) is 23.4 Å². The zero-order valence-corrected chi connectivity index (χ0v) is 29.7. The van der Waals surface area contributed by atoms with E-state index in [9.17, 15) is 19.8 Å². The molecule has 0 saturated carbocycles. The average Bonchev–Trinajstić information content (AvgIpc) is 3.67. The Morgan fingerprint density at radius 2 is 1.18 bits per heavy atom. The van der Waals surface area contributed by atoms with E-state index < -0.39 is 0 Å². The van der Waals surface area contributed by atoms with Gasteiger partial charge in [0.1, 0.15) is 23.0 Å². The van der Waals surface area contributed by atoms with E-state index in [1.807, 2.05) is 70.2 Å². The number of carbonyl (C=O) groups excluding carboxylic acids is 2. The second kappa shape index (κ2) is 16.9. The first-order valence-corrected chi connectivity index (χ1v) is 17.3. The van der Waals surface area contributed by atoms with Crippen LogP contribution in [0.4, 0.5) is 0 Å². The van der Waals surface area contributed by atoms with Crippen LogP contribution in [0.5, 0.6) is 23.4 Å². The van der Waals surface area contributed by atoms with E-state index in [1.165, 1.54) is 12.4 Å². The van der Waals surface area contributed by atoms with Crippen LogP contribution in [-0.4, -0.2) is 41.7 Å². The summed E-state index contributed by atoms with van der Waals surface area (Å²) < 4.78 is 11.5. The molecular weight excluding hydrogens is 668 g/mol. The Kier molecular flexibility index (Phi) is 12.1. The second-order valence-corrected chi connectivity index (χ2v) is 11.9. The number of rotatable bonds is 8. The second-order valence-electron chi connectivity index (χ2n) is 11.4. The van der Waals surface area contributed by atoms with Gasteiger partial charge in [-0.2, -0.15) is 0 Å². The fourth-order valence-electron chi connectivity index (χ4n) is 5.79. The van der Waals surface area contributed by atoms with E-state index >= 15 is 0 Å². The number of aliphatic hydroxyl groups is 2. The molecule has 2 heterocycles. The number of fused-ring (bicyclic) bond motifs is 1. The molecule has 2 N–H and O–H groups in total. The van der Waals surface area contributed by atoms with E-state index in [2.05, 4.69) is 19.9 Å². The number of ketones is 2. The molecule has 11 heteroatoms. The Labute approximate surface area is 301 Å². The number of Topliss-reactive ketones (excluding diaryl/α,β-unsaturated/α-hetero) is 2. The quantitative estimate of drug-likeness (QED) is 0.160. The van der Waals surface area contributed by atoms with Crippen LogP contribution in [0.3, 0.4) is 0 Å². The highest BCUT2D eigenvalue weighted by molar-refractivity contribution is 6.30. The number of para-hydroxylation sites is 2. The standard InChI is InChI=1S/C21H18N2O3.C17H15ClN2O3.C2H6/c1-2-13-7-8-14(11-15(13)21-18(24)9-10-19(21)25)26-20-12-22-16-5-3-4-6-17(16)23-20;1-2-10-3-4-12(23-17-19-8-11(18)9-20-17)7-13(10)16-14(21)5-6-15(16)22;1-2/h3-8,11-12,24H,2,9-10H2,1H3;3-4,7-9,21H,2,5-6H2,1H3;1-2H3. The van der Waals surface area contributed by atoms with Crippen molar-refractivity contribution in [2.24, 2.45) is 0 Å². The number of aryl methyl sites for hydroxylation is 2. The molecule has 0 aliphatic heterocycles. The first-order chi connectivity index (χ1) is 24.7. The van der Waals surface area contributed by atoms with E-state index in [-0.39, 0.29) is 29.1 Å². The Hall–Kier alpha value is -5.61. The molecular formula is C40H39ClN4O6. The summed E-state index contributed by atoms with van der Waals surface area (Å²) in [5, 5.41) is 20.6. The van der Waals surface area contributed by atoms with Gasteiger partial charge in [0, 0.05) is 25.7 Å². The highest BCUT2D eigenvalue weighted by Crippen LogP contribution is 2.36. The van der Waals surface area contributed by atoms with Gasteiger partial charge in [0.25, 0.3) is 0 Å². The van der Waals surface area contributed by atoms with Gasteiger partial charge in [-0.25, -0.2) is 19.9 Å². The lowest BCUT2D eigenvalue weighted by atomic mass is 9.96. The number of ether oxygens (including phenoxy) is 2. The van der Waals surface area contributed by atoms with Crippen LogP contribution >= 0.6 is 11.6 Å². The van der Waals surface area contributed by atoms with Crippen molar-refractivity contribution in [3.63, 3.8) is 0 Å². The summed E-state index contributed by atoms with van der Waals surface area (Å²) in [6.07, 6.45) is 7.46. The minimum absolute atomic E-state index is 0.0279. The van der Waals surface area contributed by atoms with E-state index in [4.69, 9.17) is 21.1 Å². The zero-order chi connectivity index (χ0) is 36.5. The molecule has 10 nitrogen and oxygen atoms in total. The minimum Gasteiger partial charge on any atom is -0.512 e. The van der Waals surface area contributed by atoms with Crippen LogP contribution in [-0.2, 0) is 22.4 Å². The number of aromatic nitrogens is 4. The first kappa shape index (κ1) is 36.7. The number of halogens is 1. The van der Waals surface area contributed by atoms with Crippen molar-refractivity contribution in [3.05, 3.63) is 118 Å². The third-order valence-corrected chi connectivity index (χ3v) is 8.43. The topological polar surface area (TPSA) is 145 Å². The molecule has 0 fully saturated rings. The van der Waals surface area contributed by atoms with Gasteiger partial charge < -0.3 is 19.7 Å². The normalized spacial score (nSPS) is 13.9. The number of hydrogen-bond acceptors (Lipinski definition) is 10. The molecule has 3 aromatic carbocycles. The summed E-state index contributed by atoms with van der Waals surface area (Å²) in [7, 11) is 0. The maximum Gasteiger partial charge on any atom is 0.321 e. The van der Waals surface area contributed by atoms with Crippen LogP contribution < -0.4 is 9.47 Å². The van der Waals surface area contributed by atoms with Gasteiger partial charge >= 0.3 is 6.01 Å². The Morgan fingerprint density at radius 1 is 0.667 bits per heavy atom. The molecule has 5 aromatic rings. The number of aliphatic hydroxyl groups excluding tert-OH is 2. The van der Waals surface area contributed by atoms with Gasteiger partial charge in [-0.1, -0.05) is 63.6 Å². The molecule has 7 rings (SSSR count). The van der Waals surface area contributed by atoms with E-state index in [0.717, 1.165) is 40.6 Å². The molecule has 0 spiro atoms. The number of allylic oxidation sites excluding steroid dienone is 4. The third kappa shape index (κ3) is 8.59. The van der Waals surface area contributed by atoms with Gasteiger partial charge in [0.15, 0.2) is 11.6 Å². The lowest BCUT2D eigenvalue weighted by Gasteiger charge is -2.12. The summed E-state index contributed by atoms with van der Waals surface area (Å²) in [6.45, 7) is 8.02. The number of hydrogen-bond donors (Lipinski definition) is 2. The van der Waals surface area contributed by atoms with Crippen molar-refractivity contribution >= 4 is 45.3 Å². The molecule has 2 aliphatic carbocycles. The number of nitrogens with zero attached hydrogens (tertiary/aromatic N) is 4. The number of carbonyl (C=O) groups is 2. The minimum atomic E-state index is -0.0444. The highest BCUT2D eigenvalue weighted by Gasteiger charge is 2.27. The maximum absolute atomic E-state index is 12.2. The van der Waals surface area contributed by atoms with Crippen molar-refractivity contribution in [2.45, 2.75) is 66.2 Å². The van der Waals surface area contributed by atoms with Gasteiger partial charge in [-0.05, 0) is 71.5 Å². The van der Waals surface area contributed by atoms with Crippen LogP contribution in [0.25, 0.3) is 22.2 Å². The Bertz CT molecular complexity index is 2130. The average molecular weight is 707 g/mol. The first-order valence-electron chi connectivity index (χ1n) is 17.0. The van der Waals surface area contributed by atoms with Crippen LogP contribution in [0.1, 0.15) is 75.6 Å². The van der Waals surface area contributed by atoms with E-state index in [0.29, 0.717) is 64.8 Å². The van der Waals surface area contributed by atoms with Crippen LogP contribution in [0, 0.1) is 0 Å². The lowest BCUT2D eigenvalue weighted by Crippen LogP contribution is -2.01. The van der Waals surface area contributed by atoms with Gasteiger partial charge in [-0.3, -0.25) is 9.59 Å². The largest absolute Gasteiger partial charge is 0.512 e. The fraction of sp³-hybridized carbons (Fsp3) is 0.250. The lowest BCUT2D eigenvalue weighted by molar-refractivity contribution is -0.114. The van der Waals surface area contributed by atoms with Crippen molar-refractivity contribution < 1.29 is 29.3 Å². The third-order valence-electron chi connectivity index (χ3n) is 8.23. The summed E-state index contributed by atoms with van der Waals surface area (Å²) >= 11 is 5.75. The molecule has 262 valence electrons. The molecule has 0 unspecified atom stereocenters. The molecule has 0 bridgehead atoms. The predicted molar refractivity (Wildman–Crippen MR) is 197 cm³/mol. The molecule has 51 heavy (non-hydrogen) atoms. The van der Waals surface area contributed by atoms with Crippen LogP contribution in [0.15, 0.2) is 90.8 Å². The summed E-state index contributed by atoms with van der Waals surface area (Å²) in [5.41, 5.74) is 5.78. The molecule has 2 aromatic heterocycles. The Balaban J connectivity index is 0.000000190. The summed E-state index contributed by atoms with van der Waals surface area (Å²) in [4.78, 5) is 41.0. The van der Waals surface area contributed by atoms with Crippen molar-refractivity contribution in [1.29, 1.82) is 0 Å². The fourth-order valence-corrected chi connectivity index (χ4v) is 5.88. The predicted octanol–water partition coefficient (Wildman–Crippen LogP) is 9.76. The van der Waals surface area contributed by atoms with Crippen molar-refractivity contribution in [2.75, 3.05) is 0 Å². The maximum atomic E-state index is 12.2. The van der Waals surface area contributed by atoms with Gasteiger partial charge in [-0.15, -0.1) is 0 Å². The molecule has 0 saturated heterocycles. The molecule has 2 aliphatic rings. The molecule has 0 atom stereocenters. The highest BCUT2D eigenvalue weighted by atomic mass is 35.5. The Morgan fingerprint density at radius 3 is 1.67 bits per heavy atom. The molecule has 0 amide bonds. The summed E-state index contributed by atoms with van der Waals surface area (Å²) in [6, 6.07) is 18.7. The molecule has 0 radical (unpaired) electrons. The summed E-state index contributed by atoms with van der Waals surface area (Å²) in [5.74, 6) is 1.67.